The van der Waals surface area contributed by atoms with Crippen LogP contribution < -0.4 is 5.73 Å². The van der Waals surface area contributed by atoms with E-state index in [9.17, 15) is 0 Å². The standard InChI is InChI=1S/C12H17NO/c1-9-11(3-2-4-12(9)13)10-5-7-14-8-6-10/h2-4,10H,5-8,13H2,1H3. The smallest absolute Gasteiger partial charge is 0.0471 e. The molecule has 2 nitrogen and oxygen atoms in total. The molecule has 1 aromatic carbocycles. The molecule has 2 rings (SSSR count). The van der Waals surface area contributed by atoms with Crippen LogP contribution in [-0.2, 0) is 4.74 Å². The Labute approximate surface area is 85.1 Å². The first-order valence-electron chi connectivity index (χ1n) is 5.22. The minimum Gasteiger partial charge on any atom is -0.399 e. The van der Waals surface area contributed by atoms with Gasteiger partial charge in [0.2, 0.25) is 0 Å². The summed E-state index contributed by atoms with van der Waals surface area (Å²) in [6.45, 7) is 3.89. The lowest BCUT2D eigenvalue weighted by Crippen LogP contribution is -2.15. The fraction of sp³-hybridized carbons (Fsp3) is 0.500. The van der Waals surface area contributed by atoms with E-state index in [0.717, 1.165) is 31.7 Å². The van der Waals surface area contributed by atoms with Crippen molar-refractivity contribution in [2.24, 2.45) is 0 Å². The zero-order chi connectivity index (χ0) is 9.97. The van der Waals surface area contributed by atoms with Crippen LogP contribution in [0.5, 0.6) is 0 Å². The van der Waals surface area contributed by atoms with Crippen molar-refractivity contribution in [2.75, 3.05) is 18.9 Å². The van der Waals surface area contributed by atoms with Crippen molar-refractivity contribution in [1.82, 2.24) is 0 Å². The highest BCUT2D eigenvalue weighted by Gasteiger charge is 2.17. The molecular formula is C12H17NO. The lowest BCUT2D eigenvalue weighted by atomic mass is 9.88. The van der Waals surface area contributed by atoms with Gasteiger partial charge in [-0.3, -0.25) is 0 Å². The Morgan fingerprint density at radius 2 is 2.00 bits per heavy atom. The van der Waals surface area contributed by atoms with Gasteiger partial charge in [-0.2, -0.15) is 0 Å². The molecule has 1 heterocycles. The van der Waals surface area contributed by atoms with Crippen LogP contribution in [0.1, 0.15) is 29.9 Å². The molecule has 2 N–H and O–H groups in total. The first-order valence-corrected chi connectivity index (χ1v) is 5.22. The van der Waals surface area contributed by atoms with Gasteiger partial charge >= 0.3 is 0 Å². The van der Waals surface area contributed by atoms with E-state index < -0.39 is 0 Å². The molecule has 0 saturated carbocycles. The number of ether oxygens (including phenoxy) is 1. The zero-order valence-corrected chi connectivity index (χ0v) is 8.62. The van der Waals surface area contributed by atoms with Gasteiger partial charge in [-0.25, -0.2) is 0 Å². The topological polar surface area (TPSA) is 35.2 Å². The highest BCUT2D eigenvalue weighted by molar-refractivity contribution is 5.51. The summed E-state index contributed by atoms with van der Waals surface area (Å²) in [6.07, 6.45) is 2.26. The number of hydrogen-bond acceptors (Lipinski definition) is 2. The molecule has 2 heteroatoms. The van der Waals surface area contributed by atoms with Crippen LogP contribution in [0.3, 0.4) is 0 Å². The fourth-order valence-electron chi connectivity index (χ4n) is 2.12. The number of rotatable bonds is 1. The molecule has 76 valence electrons. The van der Waals surface area contributed by atoms with Crippen molar-refractivity contribution in [3.63, 3.8) is 0 Å². The second kappa shape index (κ2) is 4.01. The maximum Gasteiger partial charge on any atom is 0.0471 e. The summed E-state index contributed by atoms with van der Waals surface area (Å²) < 4.78 is 5.36. The van der Waals surface area contributed by atoms with E-state index in [-0.39, 0.29) is 0 Å². The Hall–Kier alpha value is -1.02. The van der Waals surface area contributed by atoms with Gasteiger partial charge in [0.05, 0.1) is 0 Å². The monoisotopic (exact) mass is 191 g/mol. The van der Waals surface area contributed by atoms with Gasteiger partial charge < -0.3 is 10.5 Å². The molecule has 14 heavy (non-hydrogen) atoms. The molecule has 0 atom stereocenters. The van der Waals surface area contributed by atoms with Crippen LogP contribution >= 0.6 is 0 Å². The summed E-state index contributed by atoms with van der Waals surface area (Å²) in [5.74, 6) is 0.646. The van der Waals surface area contributed by atoms with Crippen LogP contribution in [0.4, 0.5) is 5.69 Å². The van der Waals surface area contributed by atoms with E-state index in [1.807, 2.05) is 12.1 Å². The molecule has 0 radical (unpaired) electrons. The largest absolute Gasteiger partial charge is 0.399 e. The Bertz CT molecular complexity index is 316. The van der Waals surface area contributed by atoms with Gasteiger partial charge in [-0.15, -0.1) is 0 Å². The molecule has 0 aliphatic carbocycles. The maximum atomic E-state index is 5.90. The second-order valence-electron chi connectivity index (χ2n) is 3.95. The number of hydrogen-bond donors (Lipinski definition) is 1. The Kier molecular flexibility index (Phi) is 2.73. The van der Waals surface area contributed by atoms with E-state index in [1.54, 1.807) is 0 Å². The van der Waals surface area contributed by atoms with Gasteiger partial charge in [-0.05, 0) is 42.9 Å². The molecule has 0 spiro atoms. The summed E-state index contributed by atoms with van der Waals surface area (Å²) in [4.78, 5) is 0. The maximum absolute atomic E-state index is 5.90. The van der Waals surface area contributed by atoms with Gasteiger partial charge in [0.15, 0.2) is 0 Å². The Balaban J connectivity index is 2.26. The van der Waals surface area contributed by atoms with E-state index in [2.05, 4.69) is 13.0 Å². The fourth-order valence-corrected chi connectivity index (χ4v) is 2.12. The van der Waals surface area contributed by atoms with E-state index in [4.69, 9.17) is 10.5 Å². The van der Waals surface area contributed by atoms with Gasteiger partial charge in [0.1, 0.15) is 0 Å². The normalized spacial score (nSPS) is 18.4. The Morgan fingerprint density at radius 3 is 2.71 bits per heavy atom. The van der Waals surface area contributed by atoms with Crippen molar-refractivity contribution < 1.29 is 4.74 Å². The van der Waals surface area contributed by atoms with Crippen LogP contribution in [0, 0.1) is 6.92 Å². The molecule has 1 aromatic rings. The molecular weight excluding hydrogens is 174 g/mol. The van der Waals surface area contributed by atoms with Crippen molar-refractivity contribution in [2.45, 2.75) is 25.7 Å². The second-order valence-corrected chi connectivity index (χ2v) is 3.95. The summed E-state index contributed by atoms with van der Waals surface area (Å²) in [6, 6.07) is 6.22. The molecule has 0 unspecified atom stereocenters. The molecule has 0 bridgehead atoms. The van der Waals surface area contributed by atoms with E-state index in [0.29, 0.717) is 5.92 Å². The molecule has 0 amide bonds. The molecule has 1 fully saturated rings. The lowest BCUT2D eigenvalue weighted by Gasteiger charge is -2.24. The van der Waals surface area contributed by atoms with E-state index in [1.165, 1.54) is 11.1 Å². The molecule has 1 aliphatic heterocycles. The van der Waals surface area contributed by atoms with Gasteiger partial charge in [0.25, 0.3) is 0 Å². The number of nitrogen functional groups attached to an aromatic ring is 1. The predicted molar refractivity (Wildman–Crippen MR) is 58.4 cm³/mol. The van der Waals surface area contributed by atoms with E-state index >= 15 is 0 Å². The summed E-state index contributed by atoms with van der Waals surface area (Å²) >= 11 is 0. The first-order chi connectivity index (χ1) is 6.79. The minimum absolute atomic E-state index is 0.646. The average Bonchev–Trinajstić information content (AvgIpc) is 2.23. The van der Waals surface area contributed by atoms with Crippen molar-refractivity contribution in [3.05, 3.63) is 29.3 Å². The zero-order valence-electron chi connectivity index (χ0n) is 8.62. The molecule has 0 aromatic heterocycles. The van der Waals surface area contributed by atoms with Crippen molar-refractivity contribution in [3.8, 4) is 0 Å². The SMILES string of the molecule is Cc1c(N)cccc1C1CCOCC1. The summed E-state index contributed by atoms with van der Waals surface area (Å²) in [7, 11) is 0. The van der Waals surface area contributed by atoms with Crippen molar-refractivity contribution >= 4 is 5.69 Å². The average molecular weight is 191 g/mol. The lowest BCUT2D eigenvalue weighted by molar-refractivity contribution is 0.0852. The van der Waals surface area contributed by atoms with Crippen LogP contribution in [-0.4, -0.2) is 13.2 Å². The number of nitrogens with two attached hydrogens (primary N) is 1. The first kappa shape index (κ1) is 9.53. The van der Waals surface area contributed by atoms with Crippen LogP contribution in [0.25, 0.3) is 0 Å². The van der Waals surface area contributed by atoms with Gasteiger partial charge in [0, 0.05) is 18.9 Å². The molecule has 1 saturated heterocycles. The van der Waals surface area contributed by atoms with Gasteiger partial charge in [-0.1, -0.05) is 12.1 Å². The number of benzene rings is 1. The minimum atomic E-state index is 0.646. The highest BCUT2D eigenvalue weighted by Crippen LogP contribution is 2.31. The summed E-state index contributed by atoms with van der Waals surface area (Å²) in [5.41, 5.74) is 9.47. The van der Waals surface area contributed by atoms with Crippen molar-refractivity contribution in [1.29, 1.82) is 0 Å². The third-order valence-electron chi connectivity index (χ3n) is 3.08. The third-order valence-corrected chi connectivity index (χ3v) is 3.08. The van der Waals surface area contributed by atoms with Crippen LogP contribution in [0.2, 0.25) is 0 Å². The Morgan fingerprint density at radius 1 is 1.29 bits per heavy atom. The van der Waals surface area contributed by atoms with Crippen LogP contribution in [0.15, 0.2) is 18.2 Å². The summed E-state index contributed by atoms with van der Waals surface area (Å²) in [5, 5.41) is 0. The predicted octanol–water partition coefficient (Wildman–Crippen LogP) is 2.47. The highest BCUT2D eigenvalue weighted by atomic mass is 16.5. The quantitative estimate of drug-likeness (QED) is 0.692. The number of anilines is 1. The third kappa shape index (κ3) is 1.75. The molecule has 1 aliphatic rings.